The Morgan fingerprint density at radius 3 is 2.74 bits per heavy atom. The largest absolute Gasteiger partial charge is 0.462 e. The fourth-order valence-corrected chi connectivity index (χ4v) is 2.89. The fourth-order valence-electron chi connectivity index (χ4n) is 2.89. The molecule has 2 N–H and O–H groups in total. The number of hydrogen-bond donors (Lipinski definition) is 2. The lowest BCUT2D eigenvalue weighted by Gasteiger charge is -2.07. The van der Waals surface area contributed by atoms with Crippen LogP contribution in [0.3, 0.4) is 0 Å². The third kappa shape index (κ3) is 3.57. The van der Waals surface area contributed by atoms with Crippen molar-refractivity contribution in [1.29, 1.82) is 0 Å². The van der Waals surface area contributed by atoms with E-state index in [1.807, 2.05) is 6.07 Å². The highest BCUT2D eigenvalue weighted by atomic mass is 16.5. The molecule has 27 heavy (non-hydrogen) atoms. The SMILES string of the molecule is CCOC(=O)c1c(C)[nH]c(C(=O)Nc2cccc(-c3nnnn3C)c2)c1C. The summed E-state index contributed by atoms with van der Waals surface area (Å²) in [6.45, 7) is 5.46. The first-order chi connectivity index (χ1) is 12.9. The average Bonchev–Trinajstić information content (AvgIpc) is 3.18. The number of aromatic nitrogens is 5. The van der Waals surface area contributed by atoms with Gasteiger partial charge in [-0.3, -0.25) is 4.79 Å². The number of anilines is 1. The normalized spacial score (nSPS) is 10.7. The van der Waals surface area contributed by atoms with Crippen molar-refractivity contribution in [3.8, 4) is 11.4 Å². The molecule has 0 spiro atoms. The summed E-state index contributed by atoms with van der Waals surface area (Å²) in [5, 5.41) is 14.2. The van der Waals surface area contributed by atoms with E-state index in [2.05, 4.69) is 25.8 Å². The van der Waals surface area contributed by atoms with Crippen molar-refractivity contribution < 1.29 is 14.3 Å². The van der Waals surface area contributed by atoms with Crippen molar-refractivity contribution in [2.75, 3.05) is 11.9 Å². The molecular formula is C18H20N6O3. The van der Waals surface area contributed by atoms with E-state index >= 15 is 0 Å². The molecule has 140 valence electrons. The number of carbonyl (C=O) groups excluding carboxylic acids is 2. The number of hydrogen-bond acceptors (Lipinski definition) is 6. The summed E-state index contributed by atoms with van der Waals surface area (Å²) in [7, 11) is 1.74. The third-order valence-electron chi connectivity index (χ3n) is 4.14. The summed E-state index contributed by atoms with van der Waals surface area (Å²) >= 11 is 0. The number of carbonyl (C=O) groups is 2. The highest BCUT2D eigenvalue weighted by molar-refractivity contribution is 6.07. The maximum Gasteiger partial charge on any atom is 0.340 e. The van der Waals surface area contributed by atoms with Crippen LogP contribution in [-0.4, -0.2) is 43.7 Å². The second-order valence-corrected chi connectivity index (χ2v) is 6.01. The molecule has 3 aromatic rings. The monoisotopic (exact) mass is 368 g/mol. The molecule has 0 bridgehead atoms. The number of rotatable bonds is 5. The van der Waals surface area contributed by atoms with Crippen molar-refractivity contribution in [3.05, 3.63) is 46.8 Å². The van der Waals surface area contributed by atoms with E-state index < -0.39 is 5.97 Å². The maximum absolute atomic E-state index is 12.7. The van der Waals surface area contributed by atoms with Crippen LogP contribution in [0.4, 0.5) is 5.69 Å². The molecule has 0 atom stereocenters. The Bertz CT molecular complexity index is 1000. The van der Waals surface area contributed by atoms with E-state index in [9.17, 15) is 9.59 Å². The summed E-state index contributed by atoms with van der Waals surface area (Å²) in [5.74, 6) is -0.207. The van der Waals surface area contributed by atoms with Gasteiger partial charge in [0.2, 0.25) is 0 Å². The zero-order chi connectivity index (χ0) is 19.6. The molecule has 9 heteroatoms. The second-order valence-electron chi connectivity index (χ2n) is 6.01. The lowest BCUT2D eigenvalue weighted by molar-refractivity contribution is 0.0525. The van der Waals surface area contributed by atoms with E-state index in [0.717, 1.165) is 5.56 Å². The van der Waals surface area contributed by atoms with Gasteiger partial charge in [0.1, 0.15) is 5.69 Å². The Balaban J connectivity index is 1.85. The number of nitrogens with zero attached hydrogens (tertiary/aromatic N) is 4. The van der Waals surface area contributed by atoms with Gasteiger partial charge < -0.3 is 15.0 Å². The van der Waals surface area contributed by atoms with Crippen molar-refractivity contribution >= 4 is 17.6 Å². The molecule has 2 heterocycles. The first-order valence-corrected chi connectivity index (χ1v) is 8.42. The Morgan fingerprint density at radius 1 is 1.30 bits per heavy atom. The van der Waals surface area contributed by atoms with E-state index in [-0.39, 0.29) is 12.5 Å². The Morgan fingerprint density at radius 2 is 2.07 bits per heavy atom. The fraction of sp³-hybridized carbons (Fsp3) is 0.278. The molecular weight excluding hydrogens is 348 g/mol. The number of aromatic amines is 1. The van der Waals surface area contributed by atoms with Gasteiger partial charge in [0.25, 0.3) is 5.91 Å². The van der Waals surface area contributed by atoms with Crippen molar-refractivity contribution in [1.82, 2.24) is 25.2 Å². The minimum atomic E-state index is -0.445. The molecule has 1 amide bonds. The Hall–Kier alpha value is -3.49. The summed E-state index contributed by atoms with van der Waals surface area (Å²) in [6.07, 6.45) is 0. The van der Waals surface area contributed by atoms with Crippen molar-refractivity contribution in [3.63, 3.8) is 0 Å². The predicted octanol–water partition coefficient (Wildman–Crippen LogP) is 2.25. The number of esters is 1. The van der Waals surface area contributed by atoms with Crippen LogP contribution >= 0.6 is 0 Å². The van der Waals surface area contributed by atoms with E-state index in [1.165, 1.54) is 0 Å². The summed E-state index contributed by atoms with van der Waals surface area (Å²) in [5.41, 5.74) is 3.21. The molecule has 1 aromatic carbocycles. The molecule has 0 saturated heterocycles. The highest BCUT2D eigenvalue weighted by Crippen LogP contribution is 2.22. The molecule has 0 aliphatic carbocycles. The van der Waals surface area contributed by atoms with Crippen LogP contribution in [0.5, 0.6) is 0 Å². The van der Waals surface area contributed by atoms with Crippen LogP contribution in [0, 0.1) is 13.8 Å². The Labute approximate surface area is 155 Å². The minimum Gasteiger partial charge on any atom is -0.462 e. The van der Waals surface area contributed by atoms with Crippen LogP contribution in [-0.2, 0) is 11.8 Å². The van der Waals surface area contributed by atoms with Crippen LogP contribution in [0.25, 0.3) is 11.4 Å². The molecule has 0 aliphatic rings. The molecule has 3 rings (SSSR count). The number of H-pyrrole nitrogens is 1. The van der Waals surface area contributed by atoms with Gasteiger partial charge in [0.05, 0.1) is 12.2 Å². The number of tetrazole rings is 1. The summed E-state index contributed by atoms with van der Waals surface area (Å²) < 4.78 is 6.60. The first kappa shape index (κ1) is 18.3. The highest BCUT2D eigenvalue weighted by Gasteiger charge is 2.23. The van der Waals surface area contributed by atoms with Gasteiger partial charge in [-0.05, 0) is 48.9 Å². The molecule has 0 saturated carbocycles. The number of aryl methyl sites for hydroxylation is 2. The van der Waals surface area contributed by atoms with Gasteiger partial charge in [-0.15, -0.1) is 5.10 Å². The quantitative estimate of drug-likeness (QED) is 0.668. The van der Waals surface area contributed by atoms with E-state index in [1.54, 1.807) is 50.7 Å². The summed E-state index contributed by atoms with van der Waals surface area (Å²) in [6, 6.07) is 7.20. The van der Waals surface area contributed by atoms with Crippen LogP contribution in [0.15, 0.2) is 24.3 Å². The molecule has 0 unspecified atom stereocenters. The number of nitrogens with one attached hydrogen (secondary N) is 2. The molecule has 2 aromatic heterocycles. The maximum atomic E-state index is 12.7. The van der Waals surface area contributed by atoms with Crippen molar-refractivity contribution in [2.24, 2.45) is 7.05 Å². The zero-order valence-corrected chi connectivity index (χ0v) is 15.5. The molecule has 9 nitrogen and oxygen atoms in total. The number of ether oxygens (including phenoxy) is 1. The smallest absolute Gasteiger partial charge is 0.340 e. The van der Waals surface area contributed by atoms with Gasteiger partial charge in [-0.2, -0.15) is 0 Å². The van der Waals surface area contributed by atoms with Gasteiger partial charge in [0.15, 0.2) is 5.82 Å². The molecule has 0 fully saturated rings. The standard InChI is InChI=1S/C18H20N6O3/c1-5-27-18(26)14-10(2)15(19-11(14)3)17(25)20-13-8-6-7-12(9-13)16-21-22-23-24(16)4/h6-9,19H,5H2,1-4H3,(H,20,25). The Kier molecular flexibility index (Phi) is 5.02. The van der Waals surface area contributed by atoms with Crippen LogP contribution in [0.2, 0.25) is 0 Å². The second kappa shape index (κ2) is 7.40. The van der Waals surface area contributed by atoms with Gasteiger partial charge in [-0.1, -0.05) is 12.1 Å². The average molecular weight is 368 g/mol. The predicted molar refractivity (Wildman–Crippen MR) is 98.4 cm³/mol. The van der Waals surface area contributed by atoms with Gasteiger partial charge in [-0.25, -0.2) is 9.48 Å². The lowest BCUT2D eigenvalue weighted by atomic mass is 10.1. The first-order valence-electron chi connectivity index (χ1n) is 8.42. The summed E-state index contributed by atoms with van der Waals surface area (Å²) in [4.78, 5) is 27.8. The topological polar surface area (TPSA) is 115 Å². The van der Waals surface area contributed by atoms with Gasteiger partial charge in [0, 0.05) is 24.0 Å². The third-order valence-corrected chi connectivity index (χ3v) is 4.14. The van der Waals surface area contributed by atoms with Gasteiger partial charge >= 0.3 is 5.97 Å². The number of amides is 1. The lowest BCUT2D eigenvalue weighted by Crippen LogP contribution is -2.14. The zero-order valence-electron chi connectivity index (χ0n) is 15.5. The van der Waals surface area contributed by atoms with E-state index in [0.29, 0.717) is 34.0 Å². The number of benzene rings is 1. The van der Waals surface area contributed by atoms with Crippen LogP contribution < -0.4 is 5.32 Å². The van der Waals surface area contributed by atoms with Crippen LogP contribution in [0.1, 0.15) is 39.0 Å². The molecule has 0 aliphatic heterocycles. The van der Waals surface area contributed by atoms with Crippen molar-refractivity contribution in [2.45, 2.75) is 20.8 Å². The molecule has 0 radical (unpaired) electrons. The van der Waals surface area contributed by atoms with E-state index in [4.69, 9.17) is 4.74 Å². The minimum absolute atomic E-state index is 0.272.